The first-order valence-corrected chi connectivity index (χ1v) is 3.74. The smallest absolute Gasteiger partial charge is 0.332 e. The lowest BCUT2D eigenvalue weighted by Gasteiger charge is -1.97. The number of carbonyl (C=O) groups excluding carboxylic acids is 2. The van der Waals surface area contributed by atoms with Crippen LogP contribution in [0.15, 0.2) is 10.2 Å². The summed E-state index contributed by atoms with van der Waals surface area (Å²) in [7, 11) is 0. The van der Waals surface area contributed by atoms with Crippen LogP contribution in [0.1, 0.15) is 0 Å². The summed E-state index contributed by atoms with van der Waals surface area (Å²) in [4.78, 5) is 30.0. The maximum atomic E-state index is 10.4. The third kappa shape index (κ3) is 6.76. The van der Waals surface area contributed by atoms with Gasteiger partial charge in [-0.25, -0.2) is 20.4 Å². The van der Waals surface area contributed by atoms with E-state index in [0.29, 0.717) is 0 Å². The topological polar surface area (TPSA) is 178 Å². The van der Waals surface area contributed by atoms with E-state index >= 15 is 0 Å². The molecule has 16 heavy (non-hydrogen) atoms. The standard InChI is InChI=1S/C5H9N7O4/c6-4(13)10-8-1-3(12(15)16)2-9-11-5(7)14/h1-3H,(H3,6,10,13)(H3,7,11,14)/b8-1+,9-2+. The molecule has 0 atom stereocenters. The molecule has 0 fully saturated rings. The zero-order valence-electron chi connectivity index (χ0n) is 7.86. The van der Waals surface area contributed by atoms with E-state index in [1.807, 2.05) is 0 Å². The van der Waals surface area contributed by atoms with Crippen LogP contribution in [0.2, 0.25) is 0 Å². The van der Waals surface area contributed by atoms with Gasteiger partial charge >= 0.3 is 12.1 Å². The minimum Gasteiger partial charge on any atom is -0.350 e. The highest BCUT2D eigenvalue weighted by molar-refractivity contribution is 5.87. The maximum absolute atomic E-state index is 10.4. The molecular weight excluding hydrogens is 222 g/mol. The van der Waals surface area contributed by atoms with E-state index in [0.717, 1.165) is 12.4 Å². The molecule has 4 amide bonds. The average Bonchev–Trinajstić information content (AvgIpc) is 2.14. The number of hydrogen-bond donors (Lipinski definition) is 4. The van der Waals surface area contributed by atoms with Gasteiger partial charge < -0.3 is 11.5 Å². The molecular formula is C5H9N7O4. The Labute approximate surface area is 88.7 Å². The van der Waals surface area contributed by atoms with E-state index in [2.05, 4.69) is 21.7 Å². The van der Waals surface area contributed by atoms with Crippen molar-refractivity contribution in [2.75, 3.05) is 0 Å². The fourth-order valence-corrected chi connectivity index (χ4v) is 0.502. The van der Waals surface area contributed by atoms with Gasteiger partial charge in [0, 0.05) is 4.92 Å². The number of nitrogens with zero attached hydrogens (tertiary/aromatic N) is 3. The first kappa shape index (κ1) is 13.3. The largest absolute Gasteiger partial charge is 0.350 e. The number of carbonyl (C=O) groups is 2. The lowest BCUT2D eigenvalue weighted by Crippen LogP contribution is -2.30. The molecule has 0 spiro atoms. The lowest BCUT2D eigenvalue weighted by atomic mass is 10.4. The fourth-order valence-electron chi connectivity index (χ4n) is 0.502. The number of amides is 4. The Morgan fingerprint density at radius 3 is 1.81 bits per heavy atom. The number of hydrogen-bond acceptors (Lipinski definition) is 6. The number of primary amides is 2. The summed E-state index contributed by atoms with van der Waals surface area (Å²) in [6, 6.07) is -3.37. The zero-order valence-corrected chi connectivity index (χ0v) is 7.86. The van der Waals surface area contributed by atoms with Crippen molar-refractivity contribution in [2.45, 2.75) is 6.04 Å². The molecule has 0 aromatic heterocycles. The van der Waals surface area contributed by atoms with Gasteiger partial charge in [-0.05, 0) is 0 Å². The van der Waals surface area contributed by atoms with Crippen LogP contribution in [-0.4, -0.2) is 35.5 Å². The van der Waals surface area contributed by atoms with Crippen LogP contribution < -0.4 is 22.3 Å². The van der Waals surface area contributed by atoms with Crippen LogP contribution in [0.25, 0.3) is 0 Å². The second kappa shape index (κ2) is 6.69. The second-order valence-electron chi connectivity index (χ2n) is 2.28. The summed E-state index contributed by atoms with van der Waals surface area (Å²) in [5.41, 5.74) is 12.8. The predicted octanol–water partition coefficient (Wildman–Crippen LogP) is -2.06. The summed E-state index contributed by atoms with van der Waals surface area (Å²) < 4.78 is 0. The van der Waals surface area contributed by atoms with Gasteiger partial charge in [0.05, 0.1) is 0 Å². The molecule has 0 saturated carbocycles. The van der Waals surface area contributed by atoms with Crippen LogP contribution in [0, 0.1) is 10.1 Å². The molecule has 0 aliphatic carbocycles. The minimum atomic E-state index is -1.43. The van der Waals surface area contributed by atoms with E-state index in [1.54, 1.807) is 10.9 Å². The molecule has 11 nitrogen and oxygen atoms in total. The molecule has 0 heterocycles. The number of urea groups is 2. The quantitative estimate of drug-likeness (QED) is 0.241. The maximum Gasteiger partial charge on any atom is 0.332 e. The van der Waals surface area contributed by atoms with E-state index in [9.17, 15) is 19.7 Å². The van der Waals surface area contributed by atoms with Gasteiger partial charge in [0.25, 0.3) is 6.04 Å². The monoisotopic (exact) mass is 231 g/mol. The van der Waals surface area contributed by atoms with Gasteiger partial charge in [0.2, 0.25) is 0 Å². The second-order valence-corrected chi connectivity index (χ2v) is 2.28. The van der Waals surface area contributed by atoms with Gasteiger partial charge in [0.15, 0.2) is 0 Å². The average molecular weight is 231 g/mol. The first-order valence-electron chi connectivity index (χ1n) is 3.74. The van der Waals surface area contributed by atoms with Crippen molar-refractivity contribution >= 4 is 24.5 Å². The predicted molar refractivity (Wildman–Crippen MR) is 53.2 cm³/mol. The highest BCUT2D eigenvalue weighted by Crippen LogP contribution is 1.81. The summed E-state index contributed by atoms with van der Waals surface area (Å²) in [5.74, 6) is 0. The Balaban J connectivity index is 4.33. The van der Waals surface area contributed by atoms with Crippen LogP contribution >= 0.6 is 0 Å². The van der Waals surface area contributed by atoms with Gasteiger partial charge in [-0.1, -0.05) is 0 Å². The van der Waals surface area contributed by atoms with Gasteiger partial charge in [0.1, 0.15) is 12.4 Å². The van der Waals surface area contributed by atoms with Crippen LogP contribution in [0.5, 0.6) is 0 Å². The number of hydrazone groups is 2. The SMILES string of the molecule is NC(=O)N/N=C/C(/C=N/NC(N)=O)[N+](=O)[O-]. The van der Waals surface area contributed by atoms with Crippen molar-refractivity contribution < 1.29 is 14.5 Å². The van der Waals surface area contributed by atoms with Gasteiger partial charge in [-0.15, -0.1) is 0 Å². The third-order valence-electron chi connectivity index (χ3n) is 1.05. The number of nitrogens with one attached hydrogen (secondary N) is 2. The molecule has 0 aromatic carbocycles. The number of rotatable bonds is 5. The fraction of sp³-hybridized carbons (Fsp3) is 0.200. The van der Waals surface area contributed by atoms with Crippen LogP contribution in [0.4, 0.5) is 9.59 Å². The van der Waals surface area contributed by atoms with Crippen molar-refractivity contribution in [1.82, 2.24) is 10.9 Å². The Morgan fingerprint density at radius 2 is 1.56 bits per heavy atom. The molecule has 0 aromatic rings. The summed E-state index contributed by atoms with van der Waals surface area (Å²) in [6.45, 7) is 0. The summed E-state index contributed by atoms with van der Waals surface area (Å²) in [5, 5.41) is 16.7. The van der Waals surface area contributed by atoms with E-state index in [1.165, 1.54) is 0 Å². The molecule has 0 radical (unpaired) electrons. The molecule has 0 unspecified atom stereocenters. The molecule has 0 rings (SSSR count). The van der Waals surface area contributed by atoms with Crippen molar-refractivity contribution in [3.05, 3.63) is 10.1 Å². The van der Waals surface area contributed by atoms with Crippen molar-refractivity contribution in [3.8, 4) is 0 Å². The van der Waals surface area contributed by atoms with Gasteiger partial charge in [-0.3, -0.25) is 10.1 Å². The number of nitrogens with two attached hydrogens (primary N) is 2. The van der Waals surface area contributed by atoms with E-state index < -0.39 is 23.0 Å². The molecule has 6 N–H and O–H groups in total. The highest BCUT2D eigenvalue weighted by atomic mass is 16.6. The summed E-state index contributed by atoms with van der Waals surface area (Å²) in [6.07, 6.45) is 1.52. The Hall–Kier alpha value is -2.72. The van der Waals surface area contributed by atoms with Gasteiger partial charge in [-0.2, -0.15) is 10.2 Å². The Bertz CT molecular complexity index is 312. The van der Waals surface area contributed by atoms with Crippen LogP contribution in [-0.2, 0) is 0 Å². The van der Waals surface area contributed by atoms with Crippen molar-refractivity contribution in [3.63, 3.8) is 0 Å². The van der Waals surface area contributed by atoms with Crippen LogP contribution in [0.3, 0.4) is 0 Å². The molecule has 0 saturated heterocycles. The molecule has 11 heteroatoms. The minimum absolute atomic E-state index is 0.761. The number of nitro groups is 1. The molecule has 0 bridgehead atoms. The highest BCUT2D eigenvalue weighted by Gasteiger charge is 2.13. The zero-order chi connectivity index (χ0) is 12.6. The molecule has 0 aliphatic heterocycles. The Kier molecular flexibility index (Phi) is 5.55. The Morgan fingerprint density at radius 1 is 1.19 bits per heavy atom. The first-order chi connectivity index (χ1) is 7.43. The third-order valence-corrected chi connectivity index (χ3v) is 1.05. The van der Waals surface area contributed by atoms with Crippen molar-refractivity contribution in [2.24, 2.45) is 21.7 Å². The molecule has 0 aliphatic rings. The lowest BCUT2D eigenvalue weighted by molar-refractivity contribution is -0.482. The molecule has 88 valence electrons. The summed E-state index contributed by atoms with van der Waals surface area (Å²) >= 11 is 0. The van der Waals surface area contributed by atoms with E-state index in [4.69, 9.17) is 0 Å². The van der Waals surface area contributed by atoms with E-state index in [-0.39, 0.29) is 0 Å². The van der Waals surface area contributed by atoms with Crippen molar-refractivity contribution in [1.29, 1.82) is 0 Å². The normalized spacial score (nSPS) is 10.8.